The maximum Gasteiger partial charge on any atom is 0.224 e. The van der Waals surface area contributed by atoms with Crippen LogP contribution in [0, 0.1) is 6.92 Å². The maximum atomic E-state index is 12.7. The first-order valence-corrected chi connectivity index (χ1v) is 11.0. The molecule has 3 aliphatic heterocycles. The quantitative estimate of drug-likeness (QED) is 0.766. The van der Waals surface area contributed by atoms with Gasteiger partial charge in [0.25, 0.3) is 0 Å². The Morgan fingerprint density at radius 3 is 2.75 bits per heavy atom. The Bertz CT molecular complexity index is 935. The molecule has 4 nitrogen and oxygen atoms in total. The summed E-state index contributed by atoms with van der Waals surface area (Å²) in [5.41, 5.74) is 5.15. The monoisotopic (exact) mass is 391 g/mol. The van der Waals surface area contributed by atoms with Crippen LogP contribution in [0.2, 0.25) is 0 Å². The number of nitrogens with zero attached hydrogens (tertiary/aromatic N) is 3. The Balaban J connectivity index is 1.43. The van der Waals surface area contributed by atoms with Crippen LogP contribution in [0.15, 0.2) is 59.6 Å². The molecule has 28 heavy (non-hydrogen) atoms. The molecule has 0 N–H and O–H groups in total. The predicted octanol–water partition coefficient (Wildman–Crippen LogP) is 4.52. The summed E-state index contributed by atoms with van der Waals surface area (Å²) in [5, 5.41) is 0. The van der Waals surface area contributed by atoms with Crippen molar-refractivity contribution in [2.45, 2.75) is 36.6 Å². The number of para-hydroxylation sites is 1. The number of amides is 1. The van der Waals surface area contributed by atoms with Gasteiger partial charge in [0.15, 0.2) is 5.50 Å². The summed E-state index contributed by atoms with van der Waals surface area (Å²) in [6.07, 6.45) is 5.12. The first-order valence-electron chi connectivity index (χ1n) is 10.1. The van der Waals surface area contributed by atoms with E-state index in [9.17, 15) is 4.79 Å². The molecule has 0 spiro atoms. The number of likely N-dealkylation sites (tertiary alicyclic amines) is 1. The maximum absolute atomic E-state index is 12.7. The summed E-state index contributed by atoms with van der Waals surface area (Å²) in [7, 11) is 0. The molecule has 3 aliphatic rings. The zero-order valence-corrected chi connectivity index (χ0v) is 17.0. The molecular formula is C23H25N3OS. The molecule has 144 valence electrons. The number of hydrogen-bond acceptors (Lipinski definition) is 4. The highest BCUT2D eigenvalue weighted by Crippen LogP contribution is 2.50. The lowest BCUT2D eigenvalue weighted by molar-refractivity contribution is -0.130. The van der Waals surface area contributed by atoms with E-state index in [1.54, 1.807) is 0 Å². The Hall–Kier alpha value is -2.40. The van der Waals surface area contributed by atoms with Gasteiger partial charge in [0.05, 0.1) is 11.4 Å². The van der Waals surface area contributed by atoms with Crippen LogP contribution in [-0.2, 0) is 4.79 Å². The minimum atomic E-state index is 0.194. The van der Waals surface area contributed by atoms with Crippen LogP contribution in [0.3, 0.4) is 0 Å². The first-order chi connectivity index (χ1) is 13.7. The third kappa shape index (κ3) is 3.08. The molecule has 1 saturated heterocycles. The normalized spacial score (nSPS) is 20.4. The van der Waals surface area contributed by atoms with Crippen LogP contribution in [-0.4, -0.2) is 40.8 Å². The Morgan fingerprint density at radius 2 is 1.93 bits per heavy atom. The lowest BCUT2D eigenvalue weighted by atomic mass is 10.1. The molecule has 0 radical (unpaired) electrons. The minimum absolute atomic E-state index is 0.194. The van der Waals surface area contributed by atoms with Crippen LogP contribution < -0.4 is 4.90 Å². The fourth-order valence-corrected chi connectivity index (χ4v) is 5.66. The highest BCUT2D eigenvalue weighted by molar-refractivity contribution is 8.00. The van der Waals surface area contributed by atoms with Gasteiger partial charge in [0.1, 0.15) is 0 Å². The predicted molar refractivity (Wildman–Crippen MR) is 115 cm³/mol. The topological polar surface area (TPSA) is 26.8 Å². The van der Waals surface area contributed by atoms with Crippen molar-refractivity contribution in [2.24, 2.45) is 0 Å². The van der Waals surface area contributed by atoms with E-state index in [4.69, 9.17) is 0 Å². The second kappa shape index (κ2) is 7.21. The van der Waals surface area contributed by atoms with E-state index in [1.165, 1.54) is 27.4 Å². The minimum Gasteiger partial charge on any atom is -0.343 e. The Labute approximate surface area is 170 Å². The van der Waals surface area contributed by atoms with Crippen molar-refractivity contribution in [3.05, 3.63) is 65.9 Å². The summed E-state index contributed by atoms with van der Waals surface area (Å²) in [4.78, 5) is 20.8. The lowest BCUT2D eigenvalue weighted by Gasteiger charge is -2.29. The lowest BCUT2D eigenvalue weighted by Crippen LogP contribution is -2.37. The summed E-state index contributed by atoms with van der Waals surface area (Å²) in [5.74, 6) is 0.292. The van der Waals surface area contributed by atoms with Crippen LogP contribution in [0.5, 0.6) is 0 Å². The number of benzene rings is 2. The number of hydrogen-bond donors (Lipinski definition) is 0. The van der Waals surface area contributed by atoms with Gasteiger partial charge in [-0.1, -0.05) is 47.7 Å². The van der Waals surface area contributed by atoms with Crippen molar-refractivity contribution in [2.75, 3.05) is 24.5 Å². The van der Waals surface area contributed by atoms with Gasteiger partial charge in [-0.15, -0.1) is 0 Å². The van der Waals surface area contributed by atoms with Crippen molar-refractivity contribution in [1.29, 1.82) is 0 Å². The molecule has 1 atom stereocenters. The van der Waals surface area contributed by atoms with Gasteiger partial charge in [-0.25, -0.2) is 0 Å². The van der Waals surface area contributed by atoms with Gasteiger partial charge in [-0.05, 0) is 43.5 Å². The van der Waals surface area contributed by atoms with E-state index in [0.717, 1.165) is 32.5 Å². The average molecular weight is 392 g/mol. The van der Waals surface area contributed by atoms with E-state index in [1.807, 2.05) is 16.7 Å². The van der Waals surface area contributed by atoms with Gasteiger partial charge in [-0.3, -0.25) is 4.79 Å². The smallest absolute Gasteiger partial charge is 0.224 e. The van der Waals surface area contributed by atoms with E-state index in [-0.39, 0.29) is 5.50 Å². The second-order valence-electron chi connectivity index (χ2n) is 7.73. The first kappa shape index (κ1) is 17.7. The molecular weight excluding hydrogens is 366 g/mol. The number of rotatable bonds is 4. The average Bonchev–Trinajstić information content (AvgIpc) is 3.42. The summed E-state index contributed by atoms with van der Waals surface area (Å²) in [6.45, 7) is 4.73. The van der Waals surface area contributed by atoms with Crippen molar-refractivity contribution in [3.8, 4) is 0 Å². The van der Waals surface area contributed by atoms with Gasteiger partial charge < -0.3 is 14.7 Å². The molecule has 1 fully saturated rings. The molecule has 0 aromatic heterocycles. The standard InChI is InChI=1S/C23H25N3OS/c1-17-7-6-8-18(15-17)20-16-26-19-9-2-3-10-21(19)28-23(26)25(20)14-11-22(27)24-12-4-5-13-24/h2-3,6-10,15-16,23H,4-5,11-14H2,1H3. The molecule has 0 aliphatic carbocycles. The summed E-state index contributed by atoms with van der Waals surface area (Å²) < 4.78 is 0. The summed E-state index contributed by atoms with van der Waals surface area (Å²) >= 11 is 1.88. The summed E-state index contributed by atoms with van der Waals surface area (Å²) in [6, 6.07) is 17.2. The van der Waals surface area contributed by atoms with Gasteiger partial charge in [0, 0.05) is 37.2 Å². The fraction of sp³-hybridized carbons (Fsp3) is 0.348. The van der Waals surface area contributed by atoms with Crippen LogP contribution in [0.25, 0.3) is 5.70 Å². The zero-order chi connectivity index (χ0) is 19.1. The number of fused-ring (bicyclic) bond motifs is 3. The third-order valence-corrected chi connectivity index (χ3v) is 7.08. The molecule has 0 saturated carbocycles. The molecule has 5 rings (SSSR count). The van der Waals surface area contributed by atoms with Crippen molar-refractivity contribution in [3.63, 3.8) is 0 Å². The van der Waals surface area contributed by atoms with Crippen molar-refractivity contribution < 1.29 is 4.79 Å². The SMILES string of the molecule is Cc1cccc(C2=CN3c4ccccc4SC3N2CCC(=O)N2CCCC2)c1. The Kier molecular flexibility index (Phi) is 4.55. The number of aryl methyl sites for hydroxylation is 1. The number of carbonyl (C=O) groups is 1. The number of thioether (sulfide) groups is 1. The van der Waals surface area contributed by atoms with E-state index in [0.29, 0.717) is 12.3 Å². The molecule has 0 bridgehead atoms. The van der Waals surface area contributed by atoms with E-state index >= 15 is 0 Å². The zero-order valence-electron chi connectivity index (χ0n) is 16.2. The highest BCUT2D eigenvalue weighted by Gasteiger charge is 2.40. The van der Waals surface area contributed by atoms with Crippen LogP contribution >= 0.6 is 11.8 Å². The molecule has 2 aromatic rings. The number of anilines is 1. The van der Waals surface area contributed by atoms with Crippen molar-refractivity contribution in [1.82, 2.24) is 9.80 Å². The molecule has 2 aromatic carbocycles. The fourth-order valence-electron chi connectivity index (χ4n) is 4.35. The number of carbonyl (C=O) groups excluding carboxylic acids is 1. The second-order valence-corrected chi connectivity index (χ2v) is 8.83. The Morgan fingerprint density at radius 1 is 1.11 bits per heavy atom. The van der Waals surface area contributed by atoms with Gasteiger partial charge >= 0.3 is 0 Å². The molecule has 3 heterocycles. The third-order valence-electron chi connectivity index (χ3n) is 5.79. The van der Waals surface area contributed by atoms with Gasteiger partial charge in [-0.2, -0.15) is 0 Å². The molecule has 5 heteroatoms. The van der Waals surface area contributed by atoms with E-state index in [2.05, 4.69) is 71.5 Å². The van der Waals surface area contributed by atoms with E-state index < -0.39 is 0 Å². The van der Waals surface area contributed by atoms with Crippen LogP contribution in [0.4, 0.5) is 5.69 Å². The highest BCUT2D eigenvalue weighted by atomic mass is 32.2. The molecule has 1 unspecified atom stereocenters. The van der Waals surface area contributed by atoms with Crippen LogP contribution in [0.1, 0.15) is 30.4 Å². The largest absolute Gasteiger partial charge is 0.343 e. The van der Waals surface area contributed by atoms with Crippen molar-refractivity contribution >= 4 is 29.1 Å². The molecule has 1 amide bonds. The van der Waals surface area contributed by atoms with Gasteiger partial charge in [0.2, 0.25) is 5.91 Å².